The van der Waals surface area contributed by atoms with Gasteiger partial charge in [-0.2, -0.15) is 0 Å². The molecule has 37 heavy (non-hydrogen) atoms. The van der Waals surface area contributed by atoms with Gasteiger partial charge in [0.15, 0.2) is 11.9 Å². The van der Waals surface area contributed by atoms with E-state index in [-0.39, 0.29) is 18.7 Å². The summed E-state index contributed by atoms with van der Waals surface area (Å²) in [5.74, 6) is -0.0703. The third-order valence-corrected chi connectivity index (χ3v) is 5.92. The second-order valence-corrected chi connectivity index (χ2v) is 8.72. The molecule has 3 aromatic carbocycles. The van der Waals surface area contributed by atoms with Gasteiger partial charge < -0.3 is 23.9 Å². The Labute approximate surface area is 215 Å². The summed E-state index contributed by atoms with van der Waals surface area (Å²) in [6.45, 7) is 3.76. The van der Waals surface area contributed by atoms with Gasteiger partial charge >= 0.3 is 12.3 Å². The standard InChI is InChI=1S/C27H23ClF3NO5/c1-3-24(26(33)34)35-20-6-4-5-17(13-20)15-32-16(2)25(36-19-9-7-18(28)8-10-19)22-12-11-21(14-23(22)32)37-27(29,30)31/h4-14,24H,3,15H2,1-2H3,(H,33,34). The topological polar surface area (TPSA) is 69.9 Å². The van der Waals surface area contributed by atoms with Crippen LogP contribution in [0.1, 0.15) is 24.6 Å². The van der Waals surface area contributed by atoms with E-state index < -0.39 is 18.4 Å². The summed E-state index contributed by atoms with van der Waals surface area (Å²) in [7, 11) is 0. The van der Waals surface area contributed by atoms with Gasteiger partial charge in [0.2, 0.25) is 0 Å². The number of benzene rings is 3. The highest BCUT2D eigenvalue weighted by atomic mass is 35.5. The summed E-state index contributed by atoms with van der Waals surface area (Å²) >= 11 is 5.97. The van der Waals surface area contributed by atoms with Gasteiger partial charge in [-0.3, -0.25) is 0 Å². The maximum Gasteiger partial charge on any atom is 0.573 e. The summed E-state index contributed by atoms with van der Waals surface area (Å²) in [6.07, 6.45) is -5.55. The zero-order valence-corrected chi connectivity index (χ0v) is 20.6. The molecule has 1 heterocycles. The number of alkyl halides is 3. The average molecular weight is 534 g/mol. The zero-order valence-electron chi connectivity index (χ0n) is 19.9. The van der Waals surface area contributed by atoms with Crippen LogP contribution >= 0.6 is 11.6 Å². The number of rotatable bonds is 9. The molecular formula is C27H23ClF3NO5. The van der Waals surface area contributed by atoms with Crippen molar-refractivity contribution in [3.63, 3.8) is 0 Å². The van der Waals surface area contributed by atoms with E-state index in [2.05, 4.69) is 4.74 Å². The number of aliphatic carboxylic acids is 1. The van der Waals surface area contributed by atoms with Crippen LogP contribution in [0.5, 0.6) is 23.0 Å². The molecule has 0 aliphatic carbocycles. The number of hydrogen-bond donors (Lipinski definition) is 1. The Bertz CT molecular complexity index is 1420. The van der Waals surface area contributed by atoms with Crippen LogP contribution in [0.3, 0.4) is 0 Å². The molecule has 4 rings (SSSR count). The zero-order chi connectivity index (χ0) is 26.7. The lowest BCUT2D eigenvalue weighted by Crippen LogP contribution is -2.25. The summed E-state index contributed by atoms with van der Waals surface area (Å²) in [4.78, 5) is 11.4. The fourth-order valence-electron chi connectivity index (χ4n) is 3.95. The van der Waals surface area contributed by atoms with Crippen LogP contribution in [0.15, 0.2) is 66.7 Å². The number of carboxylic acid groups (broad SMARTS) is 1. The molecule has 10 heteroatoms. The highest BCUT2D eigenvalue weighted by molar-refractivity contribution is 6.30. The molecule has 0 amide bonds. The number of halogens is 4. The first-order valence-electron chi connectivity index (χ1n) is 11.3. The van der Waals surface area contributed by atoms with E-state index in [0.717, 1.165) is 5.56 Å². The number of fused-ring (bicyclic) bond motifs is 1. The number of ether oxygens (including phenoxy) is 3. The lowest BCUT2D eigenvalue weighted by molar-refractivity contribution is -0.274. The fraction of sp³-hybridized carbons (Fsp3) is 0.222. The quantitative estimate of drug-likeness (QED) is 0.240. The van der Waals surface area contributed by atoms with Crippen molar-refractivity contribution < 1.29 is 37.3 Å². The van der Waals surface area contributed by atoms with Crippen LogP contribution in [0, 0.1) is 6.92 Å². The van der Waals surface area contributed by atoms with Crippen LogP contribution in [0.2, 0.25) is 5.02 Å². The molecule has 1 N–H and O–H groups in total. The Morgan fingerprint density at radius 3 is 2.38 bits per heavy atom. The Balaban J connectivity index is 1.75. The Kier molecular flexibility index (Phi) is 7.54. The number of carbonyl (C=O) groups is 1. The molecule has 0 spiro atoms. The highest BCUT2D eigenvalue weighted by Crippen LogP contribution is 2.39. The molecule has 4 aromatic rings. The normalized spacial score (nSPS) is 12.4. The molecule has 0 aliphatic heterocycles. The van der Waals surface area contributed by atoms with E-state index in [1.54, 1.807) is 60.9 Å². The summed E-state index contributed by atoms with van der Waals surface area (Å²) in [5.41, 5.74) is 1.88. The minimum atomic E-state index is -4.84. The second-order valence-electron chi connectivity index (χ2n) is 8.28. The predicted molar refractivity (Wildman–Crippen MR) is 133 cm³/mol. The van der Waals surface area contributed by atoms with Gasteiger partial charge in [-0.25, -0.2) is 4.79 Å². The smallest absolute Gasteiger partial charge is 0.479 e. The first-order valence-corrected chi connectivity index (χ1v) is 11.7. The van der Waals surface area contributed by atoms with Crippen LogP contribution in [-0.4, -0.2) is 28.1 Å². The van der Waals surface area contributed by atoms with E-state index in [1.807, 2.05) is 6.07 Å². The van der Waals surface area contributed by atoms with Gasteiger partial charge in [0.1, 0.15) is 17.2 Å². The number of nitrogens with zero attached hydrogens (tertiary/aromatic N) is 1. The third kappa shape index (κ3) is 6.29. The van der Waals surface area contributed by atoms with Crippen molar-refractivity contribution in [3.05, 3.63) is 83.0 Å². The Morgan fingerprint density at radius 1 is 1.03 bits per heavy atom. The van der Waals surface area contributed by atoms with Crippen molar-refractivity contribution in [1.29, 1.82) is 0 Å². The molecule has 1 unspecified atom stereocenters. The second kappa shape index (κ2) is 10.6. The molecule has 6 nitrogen and oxygen atoms in total. The minimum Gasteiger partial charge on any atom is -0.479 e. The lowest BCUT2D eigenvalue weighted by Gasteiger charge is -2.15. The van der Waals surface area contributed by atoms with E-state index >= 15 is 0 Å². The maximum absolute atomic E-state index is 12.9. The average Bonchev–Trinajstić information content (AvgIpc) is 3.08. The maximum atomic E-state index is 12.9. The van der Waals surface area contributed by atoms with Crippen molar-refractivity contribution in [1.82, 2.24) is 4.57 Å². The lowest BCUT2D eigenvalue weighted by atomic mass is 10.2. The van der Waals surface area contributed by atoms with Crippen LogP contribution in [0.4, 0.5) is 13.2 Å². The van der Waals surface area contributed by atoms with E-state index in [4.69, 9.17) is 21.1 Å². The van der Waals surface area contributed by atoms with E-state index in [9.17, 15) is 23.1 Å². The van der Waals surface area contributed by atoms with E-state index in [0.29, 0.717) is 38.9 Å². The van der Waals surface area contributed by atoms with Crippen molar-refractivity contribution in [2.24, 2.45) is 0 Å². The van der Waals surface area contributed by atoms with Crippen molar-refractivity contribution in [2.45, 2.75) is 39.3 Å². The Morgan fingerprint density at radius 2 is 1.73 bits per heavy atom. The third-order valence-electron chi connectivity index (χ3n) is 5.67. The molecule has 0 radical (unpaired) electrons. The van der Waals surface area contributed by atoms with Gasteiger partial charge in [-0.1, -0.05) is 30.7 Å². The molecule has 1 atom stereocenters. The van der Waals surface area contributed by atoms with Gasteiger partial charge in [-0.05, 0) is 67.4 Å². The van der Waals surface area contributed by atoms with Gasteiger partial charge in [0.25, 0.3) is 0 Å². The number of hydrogen-bond acceptors (Lipinski definition) is 4. The number of carboxylic acids is 1. The predicted octanol–water partition coefficient (Wildman–Crippen LogP) is 7.58. The van der Waals surface area contributed by atoms with Crippen LogP contribution in [-0.2, 0) is 11.3 Å². The fourth-order valence-corrected chi connectivity index (χ4v) is 4.07. The monoisotopic (exact) mass is 533 g/mol. The van der Waals surface area contributed by atoms with Crippen LogP contribution < -0.4 is 14.2 Å². The van der Waals surface area contributed by atoms with Crippen molar-refractivity contribution >= 4 is 28.5 Å². The summed E-state index contributed by atoms with van der Waals surface area (Å²) in [6, 6.07) is 17.7. The summed E-state index contributed by atoms with van der Waals surface area (Å²) in [5, 5.41) is 10.4. The molecular weight excluding hydrogens is 511 g/mol. The van der Waals surface area contributed by atoms with Crippen molar-refractivity contribution in [3.8, 4) is 23.0 Å². The Hall–Kier alpha value is -3.85. The van der Waals surface area contributed by atoms with E-state index in [1.165, 1.54) is 18.2 Å². The molecule has 0 fully saturated rings. The van der Waals surface area contributed by atoms with Gasteiger partial charge in [-0.15, -0.1) is 13.2 Å². The number of aromatic nitrogens is 1. The van der Waals surface area contributed by atoms with Crippen LogP contribution in [0.25, 0.3) is 10.9 Å². The molecule has 194 valence electrons. The minimum absolute atomic E-state index is 0.253. The van der Waals surface area contributed by atoms with Gasteiger partial charge in [0, 0.05) is 23.0 Å². The first kappa shape index (κ1) is 26.2. The molecule has 0 saturated carbocycles. The largest absolute Gasteiger partial charge is 0.573 e. The summed E-state index contributed by atoms with van der Waals surface area (Å²) < 4.78 is 56.4. The van der Waals surface area contributed by atoms with Crippen molar-refractivity contribution in [2.75, 3.05) is 0 Å². The molecule has 0 bridgehead atoms. The van der Waals surface area contributed by atoms with Gasteiger partial charge in [0.05, 0.1) is 11.2 Å². The SMILES string of the molecule is CCC(Oc1cccc(Cn2c(C)c(Oc3ccc(Cl)cc3)c3ccc(OC(F)(F)F)cc32)c1)C(=O)O. The molecule has 0 saturated heterocycles. The molecule has 0 aliphatic rings. The highest BCUT2D eigenvalue weighted by Gasteiger charge is 2.31. The molecule has 1 aromatic heterocycles. The first-order chi connectivity index (χ1) is 17.5.